The van der Waals surface area contributed by atoms with Crippen molar-refractivity contribution in [1.29, 1.82) is 0 Å². The zero-order valence-electron chi connectivity index (χ0n) is 10.2. The van der Waals surface area contributed by atoms with Gasteiger partial charge in [-0.15, -0.1) is 0 Å². The maximum Gasteiger partial charge on any atom is 0.339 e. The van der Waals surface area contributed by atoms with Crippen molar-refractivity contribution in [1.82, 2.24) is 9.55 Å². The summed E-state index contributed by atoms with van der Waals surface area (Å²) in [6.45, 7) is 3.98. The summed E-state index contributed by atoms with van der Waals surface area (Å²) in [6, 6.07) is 7.06. The Hall–Kier alpha value is -1.81. The standard InChI is InChI=1S/C13H13ClN2O2/c1-3-18-13(17)10-7-8-16(9(10)2)12-6-4-5-11(14)15-12/h4-8H,3H2,1-2H3. The van der Waals surface area contributed by atoms with Gasteiger partial charge in [0.15, 0.2) is 0 Å². The monoisotopic (exact) mass is 264 g/mol. The number of carbonyl (C=O) groups is 1. The summed E-state index contributed by atoms with van der Waals surface area (Å²) in [7, 11) is 0. The Labute approximate surface area is 110 Å². The highest BCUT2D eigenvalue weighted by Gasteiger charge is 2.14. The molecular formula is C13H13ClN2O2. The zero-order chi connectivity index (χ0) is 13.1. The van der Waals surface area contributed by atoms with Crippen LogP contribution in [0.25, 0.3) is 5.82 Å². The van der Waals surface area contributed by atoms with Crippen LogP contribution in [0.3, 0.4) is 0 Å². The van der Waals surface area contributed by atoms with Crippen molar-refractivity contribution in [3.05, 3.63) is 46.9 Å². The maximum atomic E-state index is 11.7. The van der Waals surface area contributed by atoms with Crippen LogP contribution in [0.15, 0.2) is 30.5 Å². The van der Waals surface area contributed by atoms with Crippen LogP contribution in [-0.4, -0.2) is 22.1 Å². The summed E-state index contributed by atoms with van der Waals surface area (Å²) in [6.07, 6.45) is 1.78. The van der Waals surface area contributed by atoms with Gasteiger partial charge >= 0.3 is 5.97 Å². The quantitative estimate of drug-likeness (QED) is 0.632. The fraction of sp³-hybridized carbons (Fsp3) is 0.231. The van der Waals surface area contributed by atoms with Crippen molar-refractivity contribution in [3.63, 3.8) is 0 Å². The largest absolute Gasteiger partial charge is 0.462 e. The second-order valence-corrected chi connectivity index (χ2v) is 4.11. The molecule has 0 aromatic carbocycles. The normalized spacial score (nSPS) is 10.4. The van der Waals surface area contributed by atoms with E-state index in [1.807, 2.05) is 19.1 Å². The van der Waals surface area contributed by atoms with Gasteiger partial charge in [0.2, 0.25) is 0 Å². The van der Waals surface area contributed by atoms with Crippen molar-refractivity contribution >= 4 is 17.6 Å². The van der Waals surface area contributed by atoms with Crippen LogP contribution in [0.2, 0.25) is 5.15 Å². The molecule has 5 heteroatoms. The van der Waals surface area contributed by atoms with Crippen LogP contribution in [0.5, 0.6) is 0 Å². The predicted molar refractivity (Wildman–Crippen MR) is 69.3 cm³/mol. The lowest BCUT2D eigenvalue weighted by Crippen LogP contribution is -2.07. The Morgan fingerprint density at radius 3 is 2.89 bits per heavy atom. The SMILES string of the molecule is CCOC(=O)c1ccn(-c2cccc(Cl)n2)c1C. The third-order valence-corrected chi connectivity index (χ3v) is 2.79. The van der Waals surface area contributed by atoms with Gasteiger partial charge in [0.25, 0.3) is 0 Å². The first-order valence-electron chi connectivity index (χ1n) is 5.61. The molecule has 0 N–H and O–H groups in total. The lowest BCUT2D eigenvalue weighted by Gasteiger charge is -2.06. The molecule has 0 spiro atoms. The summed E-state index contributed by atoms with van der Waals surface area (Å²) >= 11 is 5.85. The van der Waals surface area contributed by atoms with Crippen molar-refractivity contribution in [2.75, 3.05) is 6.61 Å². The Balaban J connectivity index is 2.39. The van der Waals surface area contributed by atoms with E-state index in [9.17, 15) is 4.79 Å². The second kappa shape index (κ2) is 5.23. The minimum Gasteiger partial charge on any atom is -0.462 e. The van der Waals surface area contributed by atoms with E-state index in [1.165, 1.54) is 0 Å². The summed E-state index contributed by atoms with van der Waals surface area (Å²) in [5.41, 5.74) is 1.32. The van der Waals surface area contributed by atoms with Gasteiger partial charge < -0.3 is 9.30 Å². The second-order valence-electron chi connectivity index (χ2n) is 3.72. The molecule has 0 saturated heterocycles. The molecule has 2 aromatic rings. The summed E-state index contributed by atoms with van der Waals surface area (Å²) in [5, 5.41) is 0.415. The molecule has 0 aliphatic heterocycles. The van der Waals surface area contributed by atoms with Gasteiger partial charge in [0, 0.05) is 11.9 Å². The van der Waals surface area contributed by atoms with Crippen LogP contribution in [0.4, 0.5) is 0 Å². The third-order valence-electron chi connectivity index (χ3n) is 2.58. The molecule has 0 radical (unpaired) electrons. The number of pyridine rings is 1. The van der Waals surface area contributed by atoms with Crippen molar-refractivity contribution in [2.45, 2.75) is 13.8 Å². The van der Waals surface area contributed by atoms with Crippen molar-refractivity contribution in [2.24, 2.45) is 0 Å². The fourth-order valence-corrected chi connectivity index (χ4v) is 1.88. The number of ether oxygens (including phenoxy) is 1. The van der Waals surface area contributed by atoms with Gasteiger partial charge in [0.05, 0.1) is 12.2 Å². The number of halogens is 1. The van der Waals surface area contributed by atoms with E-state index in [0.717, 1.165) is 5.69 Å². The smallest absolute Gasteiger partial charge is 0.339 e. The first-order chi connectivity index (χ1) is 8.63. The highest BCUT2D eigenvalue weighted by molar-refractivity contribution is 6.29. The van der Waals surface area contributed by atoms with E-state index in [-0.39, 0.29) is 5.97 Å². The number of esters is 1. The molecule has 0 fully saturated rings. The Bertz CT molecular complexity index is 578. The average Bonchev–Trinajstić information content (AvgIpc) is 2.71. The van der Waals surface area contributed by atoms with E-state index in [0.29, 0.717) is 23.1 Å². The Morgan fingerprint density at radius 2 is 2.22 bits per heavy atom. The highest BCUT2D eigenvalue weighted by Crippen LogP contribution is 2.17. The topological polar surface area (TPSA) is 44.1 Å². The number of hydrogen-bond donors (Lipinski definition) is 0. The molecule has 0 bridgehead atoms. The van der Waals surface area contributed by atoms with Crippen molar-refractivity contribution in [3.8, 4) is 5.82 Å². The lowest BCUT2D eigenvalue weighted by molar-refractivity contribution is 0.0525. The number of aromatic nitrogens is 2. The van der Waals surface area contributed by atoms with Crippen LogP contribution in [0.1, 0.15) is 23.0 Å². The van der Waals surface area contributed by atoms with E-state index in [4.69, 9.17) is 16.3 Å². The van der Waals surface area contributed by atoms with Gasteiger partial charge in [-0.05, 0) is 32.0 Å². The molecular weight excluding hydrogens is 252 g/mol. The van der Waals surface area contributed by atoms with Gasteiger partial charge in [-0.1, -0.05) is 17.7 Å². The van der Waals surface area contributed by atoms with Crippen molar-refractivity contribution < 1.29 is 9.53 Å². The molecule has 4 nitrogen and oxygen atoms in total. The number of hydrogen-bond acceptors (Lipinski definition) is 3. The molecule has 0 amide bonds. The third kappa shape index (κ3) is 2.38. The minimum absolute atomic E-state index is 0.323. The van der Waals surface area contributed by atoms with Gasteiger partial charge in [-0.25, -0.2) is 9.78 Å². The van der Waals surface area contributed by atoms with Crippen LogP contribution in [0, 0.1) is 6.92 Å². The number of carbonyl (C=O) groups excluding carboxylic acids is 1. The average molecular weight is 265 g/mol. The first kappa shape index (κ1) is 12.6. The van der Waals surface area contributed by atoms with Gasteiger partial charge in [0.1, 0.15) is 11.0 Å². The maximum absolute atomic E-state index is 11.7. The van der Waals surface area contributed by atoms with E-state index < -0.39 is 0 Å². The number of rotatable bonds is 3. The molecule has 0 aliphatic carbocycles. The van der Waals surface area contributed by atoms with Gasteiger partial charge in [-0.3, -0.25) is 0 Å². The Kier molecular flexibility index (Phi) is 3.67. The molecule has 18 heavy (non-hydrogen) atoms. The van der Waals surface area contributed by atoms with Crippen LogP contribution < -0.4 is 0 Å². The van der Waals surface area contributed by atoms with E-state index in [1.54, 1.807) is 29.8 Å². The molecule has 0 saturated carbocycles. The molecule has 2 aromatic heterocycles. The molecule has 94 valence electrons. The van der Waals surface area contributed by atoms with Gasteiger partial charge in [-0.2, -0.15) is 0 Å². The molecule has 2 rings (SSSR count). The molecule has 0 aliphatic rings. The molecule has 0 unspecified atom stereocenters. The molecule has 0 atom stereocenters. The zero-order valence-corrected chi connectivity index (χ0v) is 10.9. The fourth-order valence-electron chi connectivity index (χ4n) is 1.72. The highest BCUT2D eigenvalue weighted by atomic mass is 35.5. The summed E-state index contributed by atoms with van der Waals surface area (Å²) in [4.78, 5) is 15.9. The van der Waals surface area contributed by atoms with Crippen LogP contribution in [-0.2, 0) is 4.74 Å². The van der Waals surface area contributed by atoms with E-state index in [2.05, 4.69) is 4.98 Å². The minimum atomic E-state index is -0.323. The Morgan fingerprint density at radius 1 is 1.44 bits per heavy atom. The van der Waals surface area contributed by atoms with Crippen LogP contribution >= 0.6 is 11.6 Å². The molecule has 2 heterocycles. The van der Waals surface area contributed by atoms with E-state index >= 15 is 0 Å². The summed E-state index contributed by atoms with van der Waals surface area (Å²) < 4.78 is 6.79. The predicted octanol–water partition coefficient (Wildman–Crippen LogP) is 3.01. The lowest BCUT2D eigenvalue weighted by atomic mass is 10.2. The summed E-state index contributed by atoms with van der Waals surface area (Å²) in [5.74, 6) is 0.353. The number of nitrogens with zero attached hydrogens (tertiary/aromatic N) is 2. The first-order valence-corrected chi connectivity index (χ1v) is 5.99.